The number of benzene rings is 2. The molecule has 2 aromatic carbocycles. The third kappa shape index (κ3) is 5.40. The Kier molecular flexibility index (Phi) is 7.57. The lowest BCUT2D eigenvalue weighted by atomic mass is 10.0. The molecule has 0 radical (unpaired) electrons. The Balaban J connectivity index is 1.31. The molecule has 2 aliphatic rings. The monoisotopic (exact) mass is 525 g/mol. The van der Waals surface area contributed by atoms with Gasteiger partial charge >= 0.3 is 0 Å². The van der Waals surface area contributed by atoms with Crippen LogP contribution in [0, 0.1) is 11.6 Å². The highest BCUT2D eigenvalue weighted by Crippen LogP contribution is 2.37. The molecule has 0 atom stereocenters. The largest absolute Gasteiger partial charge is 0.397 e. The Bertz CT molecular complexity index is 1360. The molecule has 3 aromatic rings. The number of rotatable bonds is 8. The van der Waals surface area contributed by atoms with Gasteiger partial charge in [-0.2, -0.15) is 0 Å². The van der Waals surface area contributed by atoms with Gasteiger partial charge in [0.2, 0.25) is 5.91 Å². The summed E-state index contributed by atoms with van der Waals surface area (Å²) >= 11 is 1.62. The molecular weight excluding hydrogens is 496 g/mol. The maximum atomic E-state index is 13.8. The van der Waals surface area contributed by atoms with Crippen molar-refractivity contribution in [1.82, 2.24) is 19.8 Å². The molecule has 0 spiro atoms. The van der Waals surface area contributed by atoms with Gasteiger partial charge in [0.15, 0.2) is 5.16 Å². The molecule has 0 unspecified atom stereocenters. The number of hydrogen-bond donors (Lipinski definition) is 2. The normalized spacial score (nSPS) is 15.4. The molecule has 0 saturated heterocycles. The number of nitrogens with zero attached hydrogens (tertiary/aromatic N) is 3. The zero-order valence-corrected chi connectivity index (χ0v) is 21.2. The van der Waals surface area contributed by atoms with E-state index < -0.39 is 11.6 Å². The summed E-state index contributed by atoms with van der Waals surface area (Å²) in [5.74, 6) is -1.38. The van der Waals surface area contributed by atoms with Crippen LogP contribution in [0.5, 0.6) is 0 Å². The van der Waals surface area contributed by atoms with E-state index >= 15 is 0 Å². The molecule has 10 heteroatoms. The SMILES string of the molecule is Nc1ccccc1-n1c(SC2CCC2)nc2c(c1=O)CN(C(=O)CCNCc1c(F)cccc1F)CC2. The Labute approximate surface area is 218 Å². The van der Waals surface area contributed by atoms with Gasteiger partial charge in [-0.25, -0.2) is 13.8 Å². The van der Waals surface area contributed by atoms with Crippen LogP contribution in [0.4, 0.5) is 14.5 Å². The molecule has 0 bridgehead atoms. The highest BCUT2D eigenvalue weighted by molar-refractivity contribution is 7.99. The number of para-hydroxylation sites is 2. The van der Waals surface area contributed by atoms with Crippen molar-refractivity contribution in [2.24, 2.45) is 0 Å². The lowest BCUT2D eigenvalue weighted by molar-refractivity contribution is -0.132. The van der Waals surface area contributed by atoms with E-state index in [0.717, 1.165) is 18.5 Å². The van der Waals surface area contributed by atoms with E-state index in [1.807, 2.05) is 18.2 Å². The summed E-state index contributed by atoms with van der Waals surface area (Å²) in [4.78, 5) is 33.2. The Morgan fingerprint density at radius 3 is 2.59 bits per heavy atom. The van der Waals surface area contributed by atoms with Crippen LogP contribution in [0.1, 0.15) is 42.5 Å². The number of carbonyl (C=O) groups is 1. The molecular formula is C27H29F2N5O2S. The predicted octanol–water partition coefficient (Wildman–Crippen LogP) is 3.80. The zero-order chi connectivity index (χ0) is 25.9. The topological polar surface area (TPSA) is 93.2 Å². The number of hydrogen-bond acceptors (Lipinski definition) is 6. The second-order valence-corrected chi connectivity index (χ2v) is 10.6. The average molecular weight is 526 g/mol. The molecule has 3 N–H and O–H groups in total. The summed E-state index contributed by atoms with van der Waals surface area (Å²) in [5, 5.41) is 4.02. The summed E-state index contributed by atoms with van der Waals surface area (Å²) < 4.78 is 29.2. The fourth-order valence-corrected chi connectivity index (χ4v) is 5.87. The number of halogens is 2. The van der Waals surface area contributed by atoms with Crippen molar-refractivity contribution in [2.45, 2.75) is 55.6 Å². The average Bonchev–Trinajstić information content (AvgIpc) is 2.86. The lowest BCUT2D eigenvalue weighted by Gasteiger charge is -2.30. The van der Waals surface area contributed by atoms with E-state index in [9.17, 15) is 18.4 Å². The second kappa shape index (κ2) is 11.0. The molecule has 7 nitrogen and oxygen atoms in total. The van der Waals surface area contributed by atoms with Crippen LogP contribution < -0.4 is 16.6 Å². The number of nitrogens with two attached hydrogens (primary N) is 1. The first-order valence-corrected chi connectivity index (χ1v) is 13.4. The smallest absolute Gasteiger partial charge is 0.264 e. The number of amides is 1. The van der Waals surface area contributed by atoms with E-state index in [4.69, 9.17) is 10.7 Å². The summed E-state index contributed by atoms with van der Waals surface area (Å²) in [6.45, 7) is 0.882. The zero-order valence-electron chi connectivity index (χ0n) is 20.4. The van der Waals surface area contributed by atoms with Gasteiger partial charge in [-0.05, 0) is 37.1 Å². The molecule has 1 aliphatic heterocycles. The predicted molar refractivity (Wildman–Crippen MR) is 140 cm³/mol. The van der Waals surface area contributed by atoms with E-state index in [2.05, 4.69) is 5.32 Å². The van der Waals surface area contributed by atoms with E-state index in [0.29, 0.717) is 40.3 Å². The number of fused-ring (bicyclic) bond motifs is 1. The number of thioether (sulfide) groups is 1. The summed E-state index contributed by atoms with van der Waals surface area (Å²) in [7, 11) is 0. The fraction of sp³-hybridized carbons (Fsp3) is 0.370. The Morgan fingerprint density at radius 1 is 1.14 bits per heavy atom. The van der Waals surface area contributed by atoms with Gasteiger partial charge in [-0.3, -0.25) is 14.2 Å². The van der Waals surface area contributed by atoms with Crippen LogP contribution in [-0.2, 0) is 24.3 Å². The van der Waals surface area contributed by atoms with Crippen molar-refractivity contribution >= 4 is 23.4 Å². The van der Waals surface area contributed by atoms with Crippen molar-refractivity contribution in [2.75, 3.05) is 18.8 Å². The van der Waals surface area contributed by atoms with E-state index in [-0.39, 0.29) is 43.1 Å². The first-order chi connectivity index (χ1) is 17.9. The van der Waals surface area contributed by atoms with Gasteiger partial charge < -0.3 is 16.0 Å². The number of anilines is 1. The molecule has 1 fully saturated rings. The fourth-order valence-electron chi connectivity index (χ4n) is 4.56. The quantitative estimate of drug-likeness (QED) is 0.264. The van der Waals surface area contributed by atoms with E-state index in [1.54, 1.807) is 27.3 Å². The number of aromatic nitrogens is 2. The van der Waals surface area contributed by atoms with Crippen LogP contribution in [-0.4, -0.2) is 38.7 Å². The lowest BCUT2D eigenvalue weighted by Crippen LogP contribution is -2.42. The molecule has 5 rings (SSSR count). The number of nitrogens with one attached hydrogen (secondary N) is 1. The standard InChI is InChI=1S/C27H29F2N5O2S/c28-20-7-4-8-21(29)18(20)15-31-13-11-25(35)33-14-12-23-19(16-33)26(36)34(24-10-2-1-9-22(24)30)27(32-23)37-17-5-3-6-17/h1-2,4,7-10,17,31H,3,5-6,11-16,30H2. The second-order valence-electron chi connectivity index (χ2n) is 9.38. The first-order valence-electron chi connectivity index (χ1n) is 12.5. The van der Waals surface area contributed by atoms with Crippen molar-refractivity contribution in [3.63, 3.8) is 0 Å². The minimum absolute atomic E-state index is 0.0107. The third-order valence-corrected chi connectivity index (χ3v) is 8.22. The molecule has 1 aliphatic carbocycles. The molecule has 1 amide bonds. The van der Waals surface area contributed by atoms with Crippen LogP contribution in [0.25, 0.3) is 5.69 Å². The maximum Gasteiger partial charge on any atom is 0.264 e. The number of nitrogen functional groups attached to an aromatic ring is 1. The van der Waals surface area contributed by atoms with Gasteiger partial charge in [-0.1, -0.05) is 36.4 Å². The summed E-state index contributed by atoms with van der Waals surface area (Å²) in [6, 6.07) is 11.0. The Morgan fingerprint density at radius 2 is 1.89 bits per heavy atom. The van der Waals surface area contributed by atoms with Crippen molar-refractivity contribution in [1.29, 1.82) is 0 Å². The van der Waals surface area contributed by atoms with Crippen LogP contribution >= 0.6 is 11.8 Å². The molecule has 1 saturated carbocycles. The third-order valence-electron chi connectivity index (χ3n) is 6.93. The van der Waals surface area contributed by atoms with Gasteiger partial charge in [0, 0.05) is 43.3 Å². The van der Waals surface area contributed by atoms with Crippen molar-refractivity contribution < 1.29 is 13.6 Å². The van der Waals surface area contributed by atoms with Gasteiger partial charge in [0.05, 0.1) is 29.2 Å². The van der Waals surface area contributed by atoms with Gasteiger partial charge in [0.25, 0.3) is 5.56 Å². The van der Waals surface area contributed by atoms with Crippen LogP contribution in [0.15, 0.2) is 52.4 Å². The Hall–Kier alpha value is -3.24. The minimum Gasteiger partial charge on any atom is -0.397 e. The molecule has 1 aromatic heterocycles. The summed E-state index contributed by atoms with van der Waals surface area (Å²) in [6.07, 6.45) is 4.02. The van der Waals surface area contributed by atoms with Crippen molar-refractivity contribution in [3.05, 3.63) is 81.3 Å². The highest BCUT2D eigenvalue weighted by Gasteiger charge is 2.29. The van der Waals surface area contributed by atoms with Crippen LogP contribution in [0.3, 0.4) is 0 Å². The van der Waals surface area contributed by atoms with Crippen molar-refractivity contribution in [3.8, 4) is 5.69 Å². The van der Waals surface area contributed by atoms with Crippen LogP contribution in [0.2, 0.25) is 0 Å². The first kappa shape index (κ1) is 25.4. The molecule has 37 heavy (non-hydrogen) atoms. The maximum absolute atomic E-state index is 13.8. The molecule has 194 valence electrons. The molecule has 2 heterocycles. The summed E-state index contributed by atoms with van der Waals surface area (Å²) in [5.41, 5.74) is 8.30. The van der Waals surface area contributed by atoms with E-state index in [1.165, 1.54) is 24.6 Å². The van der Waals surface area contributed by atoms with Gasteiger partial charge in [0.1, 0.15) is 11.6 Å². The minimum atomic E-state index is -0.621. The van der Waals surface area contributed by atoms with Gasteiger partial charge in [-0.15, -0.1) is 0 Å². The number of carbonyl (C=O) groups excluding carboxylic acids is 1. The highest BCUT2D eigenvalue weighted by atomic mass is 32.2.